The second-order valence-electron chi connectivity index (χ2n) is 2.00. The summed E-state index contributed by atoms with van der Waals surface area (Å²) < 4.78 is 0. The molecule has 3 nitrogen and oxygen atoms in total. The lowest BCUT2D eigenvalue weighted by molar-refractivity contribution is -0.105. The van der Waals surface area contributed by atoms with Crippen LogP contribution in [0.4, 0.5) is 0 Å². The van der Waals surface area contributed by atoms with Crippen molar-refractivity contribution in [3.05, 3.63) is 23.8 Å². The van der Waals surface area contributed by atoms with E-state index in [1.165, 1.54) is 12.2 Å². The number of carbonyl (C=O) groups is 1. The lowest BCUT2D eigenvalue weighted by Gasteiger charge is -2.10. The molecule has 0 aromatic heterocycles. The van der Waals surface area contributed by atoms with E-state index in [-0.39, 0.29) is 11.3 Å². The van der Waals surface area contributed by atoms with Gasteiger partial charge in [-0.2, -0.15) is 0 Å². The lowest BCUT2D eigenvalue weighted by Crippen LogP contribution is -2.22. The largest absolute Gasteiger partial charge is 0.382 e. The molecule has 1 atom stereocenters. The number of nitrogens with one attached hydrogen (secondary N) is 1. The number of rotatable bonds is 1. The first kappa shape index (κ1) is 6.89. The molecule has 0 saturated carbocycles. The molecule has 3 heteroatoms. The minimum atomic E-state index is -1.03. The highest BCUT2D eigenvalue weighted by molar-refractivity contribution is 6.03. The van der Waals surface area contributed by atoms with Gasteiger partial charge in [-0.05, 0) is 6.08 Å². The Morgan fingerprint density at radius 3 is 2.90 bits per heavy atom. The zero-order chi connectivity index (χ0) is 7.56. The molecule has 1 aliphatic rings. The molecule has 10 heavy (non-hydrogen) atoms. The van der Waals surface area contributed by atoms with Crippen LogP contribution in [0.15, 0.2) is 23.8 Å². The van der Waals surface area contributed by atoms with Gasteiger partial charge < -0.3 is 10.5 Å². The maximum atomic E-state index is 10.2. The van der Waals surface area contributed by atoms with Crippen LogP contribution in [0.3, 0.4) is 0 Å². The number of aldehydes is 1. The fourth-order valence-corrected chi connectivity index (χ4v) is 0.728. The van der Waals surface area contributed by atoms with Gasteiger partial charge in [0, 0.05) is 5.57 Å². The fourth-order valence-electron chi connectivity index (χ4n) is 0.728. The summed E-state index contributed by atoms with van der Waals surface area (Å²) >= 11 is 0. The van der Waals surface area contributed by atoms with Gasteiger partial charge in [0.15, 0.2) is 0 Å². The van der Waals surface area contributed by atoms with Crippen molar-refractivity contribution in [2.45, 2.75) is 6.10 Å². The van der Waals surface area contributed by atoms with Crippen LogP contribution in [0.2, 0.25) is 0 Å². The van der Waals surface area contributed by atoms with Gasteiger partial charge in [0.1, 0.15) is 12.4 Å². The van der Waals surface area contributed by atoms with Crippen molar-refractivity contribution >= 4 is 12.0 Å². The molecule has 0 amide bonds. The summed E-state index contributed by atoms with van der Waals surface area (Å²) in [6, 6.07) is 0. The molecule has 0 radical (unpaired) electrons. The molecule has 0 saturated heterocycles. The van der Waals surface area contributed by atoms with Crippen molar-refractivity contribution in [2.24, 2.45) is 0 Å². The third-order valence-corrected chi connectivity index (χ3v) is 1.31. The Kier molecular flexibility index (Phi) is 1.78. The third kappa shape index (κ3) is 1.04. The monoisotopic (exact) mass is 137 g/mol. The van der Waals surface area contributed by atoms with Gasteiger partial charge in [-0.3, -0.25) is 4.79 Å². The van der Waals surface area contributed by atoms with Gasteiger partial charge in [-0.15, -0.1) is 0 Å². The van der Waals surface area contributed by atoms with Gasteiger partial charge in [-0.1, -0.05) is 12.2 Å². The zero-order valence-electron chi connectivity index (χ0n) is 5.24. The van der Waals surface area contributed by atoms with Crippen molar-refractivity contribution in [2.75, 3.05) is 0 Å². The van der Waals surface area contributed by atoms with E-state index in [2.05, 4.69) is 0 Å². The standard InChI is InChI=1S/C7H7NO2/c8-6-3-1-2-5(4-9)7(6)10/h1-4,7-8,10H. The highest BCUT2D eigenvalue weighted by atomic mass is 16.3. The van der Waals surface area contributed by atoms with Crippen LogP contribution in [0.25, 0.3) is 0 Å². The Bertz CT molecular complexity index is 228. The predicted molar refractivity (Wildman–Crippen MR) is 37.0 cm³/mol. The molecule has 2 N–H and O–H groups in total. The average molecular weight is 137 g/mol. The van der Waals surface area contributed by atoms with Gasteiger partial charge in [0.25, 0.3) is 0 Å². The molecule has 1 rings (SSSR count). The number of aliphatic hydroxyl groups is 1. The summed E-state index contributed by atoms with van der Waals surface area (Å²) in [7, 11) is 0. The summed E-state index contributed by atoms with van der Waals surface area (Å²) in [4.78, 5) is 10.2. The smallest absolute Gasteiger partial charge is 0.149 e. The maximum absolute atomic E-state index is 10.2. The second kappa shape index (κ2) is 2.58. The molecule has 1 unspecified atom stereocenters. The Balaban J connectivity index is 2.91. The van der Waals surface area contributed by atoms with Crippen LogP contribution >= 0.6 is 0 Å². The van der Waals surface area contributed by atoms with Crippen LogP contribution in [-0.2, 0) is 4.79 Å². The van der Waals surface area contributed by atoms with E-state index in [0.29, 0.717) is 6.29 Å². The van der Waals surface area contributed by atoms with Crippen molar-refractivity contribution in [1.29, 1.82) is 5.41 Å². The normalized spacial score (nSPS) is 24.3. The van der Waals surface area contributed by atoms with Crippen LogP contribution < -0.4 is 0 Å². The highest BCUT2D eigenvalue weighted by Crippen LogP contribution is 2.06. The quantitative estimate of drug-likeness (QED) is 0.502. The van der Waals surface area contributed by atoms with E-state index in [1.807, 2.05) is 0 Å². The van der Waals surface area contributed by atoms with E-state index in [9.17, 15) is 4.79 Å². The number of carbonyl (C=O) groups excluding carboxylic acids is 1. The Morgan fingerprint density at radius 2 is 2.40 bits per heavy atom. The summed E-state index contributed by atoms with van der Waals surface area (Å²) in [5, 5.41) is 16.2. The number of hydrogen-bond donors (Lipinski definition) is 2. The minimum Gasteiger partial charge on any atom is -0.382 e. The van der Waals surface area contributed by atoms with Crippen molar-refractivity contribution in [3.63, 3.8) is 0 Å². The van der Waals surface area contributed by atoms with Gasteiger partial charge in [0.2, 0.25) is 0 Å². The molecule has 0 aromatic carbocycles. The summed E-state index contributed by atoms with van der Waals surface area (Å²) in [5.41, 5.74) is 0.303. The van der Waals surface area contributed by atoms with E-state index < -0.39 is 6.10 Å². The summed E-state index contributed by atoms with van der Waals surface area (Å²) in [5.74, 6) is 0. The van der Waals surface area contributed by atoms with Crippen molar-refractivity contribution in [1.82, 2.24) is 0 Å². The molecule has 1 aliphatic carbocycles. The number of hydrogen-bond acceptors (Lipinski definition) is 3. The third-order valence-electron chi connectivity index (χ3n) is 1.31. The van der Waals surface area contributed by atoms with Crippen LogP contribution in [0, 0.1) is 5.41 Å². The first-order valence-corrected chi connectivity index (χ1v) is 2.85. The molecular weight excluding hydrogens is 130 g/mol. The van der Waals surface area contributed by atoms with Crippen LogP contribution in [0.5, 0.6) is 0 Å². The molecular formula is C7H7NO2. The lowest BCUT2D eigenvalue weighted by atomic mass is 10.0. The minimum absolute atomic E-state index is 0.0598. The topological polar surface area (TPSA) is 61.2 Å². The Hall–Kier alpha value is -1.22. The zero-order valence-corrected chi connectivity index (χ0v) is 5.24. The predicted octanol–water partition coefficient (Wildman–Crippen LogP) is 0.0622. The van der Waals surface area contributed by atoms with E-state index in [4.69, 9.17) is 10.5 Å². The molecule has 0 spiro atoms. The Labute approximate surface area is 58.2 Å². The van der Waals surface area contributed by atoms with Crippen molar-refractivity contribution in [3.8, 4) is 0 Å². The van der Waals surface area contributed by atoms with Crippen molar-refractivity contribution < 1.29 is 9.90 Å². The van der Waals surface area contributed by atoms with Gasteiger partial charge in [0.05, 0.1) is 5.71 Å². The molecule has 0 aliphatic heterocycles. The second-order valence-corrected chi connectivity index (χ2v) is 2.00. The molecule has 0 aromatic rings. The van der Waals surface area contributed by atoms with E-state index in [0.717, 1.165) is 0 Å². The average Bonchev–Trinajstić information content (AvgIpc) is 1.95. The molecule has 0 bridgehead atoms. The van der Waals surface area contributed by atoms with Crippen LogP contribution in [-0.4, -0.2) is 23.2 Å². The van der Waals surface area contributed by atoms with E-state index >= 15 is 0 Å². The molecule has 0 heterocycles. The Morgan fingerprint density at radius 1 is 1.70 bits per heavy atom. The summed E-state index contributed by atoms with van der Waals surface area (Å²) in [6.45, 7) is 0. The van der Waals surface area contributed by atoms with E-state index in [1.54, 1.807) is 6.08 Å². The molecule has 52 valence electrons. The highest BCUT2D eigenvalue weighted by Gasteiger charge is 2.15. The van der Waals surface area contributed by atoms with Gasteiger partial charge >= 0.3 is 0 Å². The molecule has 0 fully saturated rings. The van der Waals surface area contributed by atoms with Crippen LogP contribution in [0.1, 0.15) is 0 Å². The SMILES string of the molecule is N=C1C=CC=C(C=O)C1O. The first-order chi connectivity index (χ1) is 4.75. The fraction of sp³-hybridized carbons (Fsp3) is 0.143. The van der Waals surface area contributed by atoms with Gasteiger partial charge in [-0.25, -0.2) is 0 Å². The summed E-state index contributed by atoms with van der Waals surface area (Å²) in [6.07, 6.45) is 4.05. The maximum Gasteiger partial charge on any atom is 0.149 e. The first-order valence-electron chi connectivity index (χ1n) is 2.85. The number of allylic oxidation sites excluding steroid dienone is 2. The number of aliphatic hydroxyl groups excluding tert-OH is 1.